The van der Waals surface area contributed by atoms with Gasteiger partial charge in [-0.25, -0.2) is 4.98 Å². The third kappa shape index (κ3) is 2.76. The van der Waals surface area contributed by atoms with Gasteiger partial charge in [-0.2, -0.15) is 5.26 Å². The number of anilines is 2. The van der Waals surface area contributed by atoms with Crippen molar-refractivity contribution < 1.29 is 0 Å². The van der Waals surface area contributed by atoms with Crippen LogP contribution in [0.5, 0.6) is 0 Å². The maximum Gasteiger partial charge on any atom is 0.252 e. The summed E-state index contributed by atoms with van der Waals surface area (Å²) in [5, 5.41) is 9.36. The maximum absolute atomic E-state index is 11.5. The summed E-state index contributed by atoms with van der Waals surface area (Å²) >= 11 is 6.08. The molecule has 3 N–H and O–H groups in total. The number of nitrogen functional groups attached to an aromatic ring is 1. The van der Waals surface area contributed by atoms with Crippen LogP contribution in [0, 0.1) is 11.3 Å². The quantitative estimate of drug-likeness (QED) is 0.881. The maximum atomic E-state index is 11.5. The number of H-pyrrole nitrogens is 1. The number of benzene rings is 1. The Hall–Kier alpha value is -2.52. The summed E-state index contributed by atoms with van der Waals surface area (Å²) < 4.78 is 0. The van der Waals surface area contributed by atoms with Crippen LogP contribution in [0.4, 0.5) is 11.6 Å². The van der Waals surface area contributed by atoms with E-state index >= 15 is 0 Å². The van der Waals surface area contributed by atoms with Gasteiger partial charge in [-0.15, -0.1) is 0 Å². The molecule has 0 spiro atoms. The van der Waals surface area contributed by atoms with Crippen molar-refractivity contribution in [1.29, 1.82) is 5.26 Å². The third-order valence-electron chi connectivity index (χ3n) is 3.82. The highest BCUT2D eigenvalue weighted by molar-refractivity contribution is 6.32. The molecule has 0 saturated carbocycles. The number of nitrogens with one attached hydrogen (secondary N) is 1. The zero-order valence-corrected chi connectivity index (χ0v) is 12.5. The number of nitrogens with zero attached hydrogens (tertiary/aromatic N) is 3. The topological polar surface area (TPSA) is 98.8 Å². The van der Waals surface area contributed by atoms with Crippen LogP contribution >= 0.6 is 11.6 Å². The predicted octanol–water partition coefficient (Wildman–Crippen LogP) is 1.87. The van der Waals surface area contributed by atoms with E-state index in [1.165, 1.54) is 6.07 Å². The van der Waals surface area contributed by atoms with Crippen LogP contribution in [-0.4, -0.2) is 23.1 Å². The fourth-order valence-electron chi connectivity index (χ4n) is 2.73. The first-order valence-electron chi connectivity index (χ1n) is 6.88. The lowest BCUT2D eigenvalue weighted by atomic mass is 10.1. The highest BCUT2D eigenvalue weighted by atomic mass is 35.5. The molecule has 1 atom stereocenters. The van der Waals surface area contributed by atoms with Crippen molar-refractivity contribution in [3.05, 3.63) is 50.9 Å². The molecule has 1 unspecified atom stereocenters. The molecule has 1 aromatic carbocycles. The van der Waals surface area contributed by atoms with Gasteiger partial charge in [0.05, 0.1) is 16.3 Å². The van der Waals surface area contributed by atoms with E-state index in [9.17, 15) is 4.79 Å². The zero-order chi connectivity index (χ0) is 15.7. The van der Waals surface area contributed by atoms with E-state index in [4.69, 9.17) is 22.6 Å². The molecule has 2 aromatic rings. The first-order valence-corrected chi connectivity index (χ1v) is 7.26. The van der Waals surface area contributed by atoms with Gasteiger partial charge in [0.25, 0.3) is 5.56 Å². The molecule has 0 radical (unpaired) electrons. The van der Waals surface area contributed by atoms with Crippen LogP contribution in [-0.2, 0) is 0 Å². The summed E-state index contributed by atoms with van der Waals surface area (Å²) in [6.45, 7) is 1.57. The second kappa shape index (κ2) is 5.70. The first kappa shape index (κ1) is 14.4. The number of nitrogens with two attached hydrogens (primary N) is 1. The fourth-order valence-corrected chi connectivity index (χ4v) is 2.95. The average Bonchev–Trinajstić information content (AvgIpc) is 2.96. The molecule has 0 aliphatic carbocycles. The predicted molar refractivity (Wildman–Crippen MR) is 85.0 cm³/mol. The SMILES string of the molecule is N#Cc1ccc(N2CCC(c3cc(=O)[nH]c(N)n3)C2)cc1Cl. The summed E-state index contributed by atoms with van der Waals surface area (Å²) in [5.74, 6) is 0.293. The van der Waals surface area contributed by atoms with Gasteiger partial charge in [-0.1, -0.05) is 11.6 Å². The van der Waals surface area contributed by atoms with Gasteiger partial charge in [-0.3, -0.25) is 9.78 Å². The minimum atomic E-state index is -0.234. The van der Waals surface area contributed by atoms with Gasteiger partial charge >= 0.3 is 0 Å². The molecule has 3 rings (SSSR count). The Kier molecular flexibility index (Phi) is 3.73. The van der Waals surface area contributed by atoms with Crippen molar-refractivity contribution in [3.8, 4) is 6.07 Å². The molecule has 1 aliphatic rings. The van der Waals surface area contributed by atoms with E-state index in [0.717, 1.165) is 25.2 Å². The van der Waals surface area contributed by atoms with Crippen LogP contribution in [0.15, 0.2) is 29.1 Å². The smallest absolute Gasteiger partial charge is 0.252 e. The molecule has 0 bridgehead atoms. The molecule has 1 aliphatic heterocycles. The van der Waals surface area contributed by atoms with Gasteiger partial charge in [-0.05, 0) is 24.6 Å². The lowest BCUT2D eigenvalue weighted by molar-refractivity contribution is 0.739. The summed E-state index contributed by atoms with van der Waals surface area (Å²) in [6.07, 6.45) is 0.882. The van der Waals surface area contributed by atoms with Gasteiger partial charge in [0, 0.05) is 30.8 Å². The van der Waals surface area contributed by atoms with Crippen molar-refractivity contribution in [3.63, 3.8) is 0 Å². The number of rotatable bonds is 2. The van der Waals surface area contributed by atoms with Crippen LogP contribution in [0.25, 0.3) is 0 Å². The van der Waals surface area contributed by atoms with E-state index in [1.54, 1.807) is 12.1 Å². The fraction of sp³-hybridized carbons (Fsp3) is 0.267. The number of hydrogen-bond acceptors (Lipinski definition) is 5. The molecule has 22 heavy (non-hydrogen) atoms. The molecule has 112 valence electrons. The molecule has 1 fully saturated rings. The molecular weight excluding hydrogens is 302 g/mol. The van der Waals surface area contributed by atoms with E-state index in [0.29, 0.717) is 16.3 Å². The number of aromatic amines is 1. The van der Waals surface area contributed by atoms with Crippen molar-refractivity contribution >= 4 is 23.2 Å². The molecule has 2 heterocycles. The number of aromatic nitrogens is 2. The summed E-state index contributed by atoms with van der Waals surface area (Å²) in [7, 11) is 0. The van der Waals surface area contributed by atoms with Crippen LogP contribution in [0.3, 0.4) is 0 Å². The minimum absolute atomic E-state index is 0.141. The molecule has 6 nitrogen and oxygen atoms in total. The summed E-state index contributed by atoms with van der Waals surface area (Å²) in [5.41, 5.74) is 7.50. The van der Waals surface area contributed by atoms with Crippen molar-refractivity contribution in [2.75, 3.05) is 23.7 Å². The highest BCUT2D eigenvalue weighted by Crippen LogP contribution is 2.31. The third-order valence-corrected chi connectivity index (χ3v) is 4.14. The van der Waals surface area contributed by atoms with E-state index < -0.39 is 0 Å². The van der Waals surface area contributed by atoms with Crippen LogP contribution in [0.2, 0.25) is 5.02 Å². The second-order valence-corrected chi connectivity index (χ2v) is 5.67. The van der Waals surface area contributed by atoms with Gasteiger partial charge in [0.2, 0.25) is 5.95 Å². The van der Waals surface area contributed by atoms with E-state index in [-0.39, 0.29) is 17.4 Å². The molecular formula is C15H14ClN5O. The highest BCUT2D eigenvalue weighted by Gasteiger charge is 2.26. The lowest BCUT2D eigenvalue weighted by Gasteiger charge is -2.19. The standard InChI is InChI=1S/C15H14ClN5O/c16-12-5-11(2-1-9(12)7-17)21-4-3-10(8-21)13-6-14(22)20-15(18)19-13/h1-2,5-6,10H,3-4,8H2,(H3,18,19,20,22). The number of hydrogen-bond donors (Lipinski definition) is 2. The Morgan fingerprint density at radius 3 is 2.95 bits per heavy atom. The molecule has 1 aromatic heterocycles. The zero-order valence-electron chi connectivity index (χ0n) is 11.7. The van der Waals surface area contributed by atoms with Crippen LogP contribution in [0.1, 0.15) is 23.6 Å². The number of nitriles is 1. The average molecular weight is 316 g/mol. The Balaban J connectivity index is 1.81. The largest absolute Gasteiger partial charge is 0.371 e. The normalized spacial score (nSPS) is 17.5. The number of halogens is 1. The molecule has 0 amide bonds. The lowest BCUT2D eigenvalue weighted by Crippen LogP contribution is -2.20. The monoisotopic (exact) mass is 315 g/mol. The summed E-state index contributed by atoms with van der Waals surface area (Å²) in [4.78, 5) is 20.3. The van der Waals surface area contributed by atoms with Gasteiger partial charge in [0.15, 0.2) is 0 Å². The molecule has 7 heteroatoms. The Labute approximate surface area is 132 Å². The Morgan fingerprint density at radius 1 is 1.45 bits per heavy atom. The van der Waals surface area contributed by atoms with Crippen molar-refractivity contribution in [2.45, 2.75) is 12.3 Å². The van der Waals surface area contributed by atoms with Gasteiger partial charge in [0.1, 0.15) is 6.07 Å². The van der Waals surface area contributed by atoms with Crippen LogP contribution < -0.4 is 16.2 Å². The summed E-state index contributed by atoms with van der Waals surface area (Å²) in [6, 6.07) is 8.94. The Bertz CT molecular complexity index is 810. The second-order valence-electron chi connectivity index (χ2n) is 5.26. The van der Waals surface area contributed by atoms with Gasteiger partial charge < -0.3 is 10.6 Å². The van der Waals surface area contributed by atoms with E-state index in [2.05, 4.69) is 14.9 Å². The van der Waals surface area contributed by atoms with E-state index in [1.807, 2.05) is 12.1 Å². The first-order chi connectivity index (χ1) is 10.6. The van der Waals surface area contributed by atoms with Crippen molar-refractivity contribution in [2.24, 2.45) is 0 Å². The Morgan fingerprint density at radius 2 is 2.27 bits per heavy atom. The minimum Gasteiger partial charge on any atom is -0.371 e. The van der Waals surface area contributed by atoms with Crippen molar-refractivity contribution in [1.82, 2.24) is 9.97 Å². The molecule has 1 saturated heterocycles.